The van der Waals surface area contributed by atoms with Gasteiger partial charge in [-0.3, -0.25) is 0 Å². The van der Waals surface area contributed by atoms with Crippen LogP contribution in [0.25, 0.3) is 0 Å². The van der Waals surface area contributed by atoms with Gasteiger partial charge in [0.05, 0.1) is 5.75 Å². The second-order valence-corrected chi connectivity index (χ2v) is 6.97. The average molecular weight is 246 g/mol. The fraction of sp³-hybridized carbons (Fsp3) is 1.00. The van der Waals surface area contributed by atoms with E-state index in [0.717, 1.165) is 19.4 Å². The fourth-order valence-corrected chi connectivity index (χ4v) is 4.02. The lowest BCUT2D eigenvalue weighted by Gasteiger charge is -2.24. The molecule has 1 saturated carbocycles. The number of hydrogen-bond donors (Lipinski definition) is 2. The molecule has 16 heavy (non-hydrogen) atoms. The predicted octanol–water partition coefficient (Wildman–Crippen LogP) is 0.846. The van der Waals surface area contributed by atoms with Gasteiger partial charge in [0.1, 0.15) is 0 Å². The van der Waals surface area contributed by atoms with Crippen molar-refractivity contribution in [1.29, 1.82) is 0 Å². The Kier molecular flexibility index (Phi) is 3.87. The first-order valence-electron chi connectivity index (χ1n) is 6.30. The molecule has 0 amide bonds. The van der Waals surface area contributed by atoms with Crippen LogP contribution in [0, 0.1) is 5.92 Å². The average Bonchev–Trinajstić information content (AvgIpc) is 3.00. The standard InChI is InChI=1S/C11H22N2O2S/c1-9(10-5-6-10)13-16(14,15)8-11-4-2-3-7-12-11/h9-13H,2-8H2,1H3. The van der Waals surface area contributed by atoms with Crippen molar-refractivity contribution in [3.63, 3.8) is 0 Å². The Bertz CT molecular complexity index is 319. The molecule has 0 radical (unpaired) electrons. The first kappa shape index (κ1) is 12.3. The minimum atomic E-state index is -3.10. The molecule has 94 valence electrons. The maximum Gasteiger partial charge on any atom is 0.213 e. The highest BCUT2D eigenvalue weighted by molar-refractivity contribution is 7.89. The molecule has 0 spiro atoms. The largest absolute Gasteiger partial charge is 0.313 e. The molecule has 1 heterocycles. The topological polar surface area (TPSA) is 58.2 Å². The van der Waals surface area contributed by atoms with E-state index in [4.69, 9.17) is 0 Å². The van der Waals surface area contributed by atoms with Gasteiger partial charge in [-0.2, -0.15) is 0 Å². The molecule has 2 unspecified atom stereocenters. The Morgan fingerprint density at radius 1 is 1.31 bits per heavy atom. The molecular formula is C11H22N2O2S. The van der Waals surface area contributed by atoms with Gasteiger partial charge in [-0.1, -0.05) is 6.42 Å². The fourth-order valence-electron chi connectivity index (χ4n) is 2.35. The van der Waals surface area contributed by atoms with Gasteiger partial charge in [-0.15, -0.1) is 0 Å². The Balaban J connectivity index is 1.81. The van der Waals surface area contributed by atoms with E-state index in [1.807, 2.05) is 6.92 Å². The summed E-state index contributed by atoms with van der Waals surface area (Å²) in [6.07, 6.45) is 5.64. The summed E-state index contributed by atoms with van der Waals surface area (Å²) < 4.78 is 26.6. The molecule has 5 heteroatoms. The molecule has 1 aliphatic heterocycles. The molecule has 0 aromatic heterocycles. The van der Waals surface area contributed by atoms with Gasteiger partial charge in [-0.05, 0) is 45.1 Å². The van der Waals surface area contributed by atoms with Gasteiger partial charge >= 0.3 is 0 Å². The second kappa shape index (κ2) is 5.02. The third-order valence-corrected chi connectivity index (χ3v) is 5.10. The molecule has 0 bridgehead atoms. The Labute approximate surface area is 98.2 Å². The second-order valence-electron chi connectivity index (χ2n) is 5.17. The Hall–Kier alpha value is -0.130. The minimum Gasteiger partial charge on any atom is -0.313 e. The van der Waals surface area contributed by atoms with Crippen molar-refractivity contribution in [1.82, 2.24) is 10.0 Å². The van der Waals surface area contributed by atoms with Crippen LogP contribution < -0.4 is 10.0 Å². The zero-order valence-electron chi connectivity index (χ0n) is 9.91. The van der Waals surface area contributed by atoms with Crippen LogP contribution in [0.15, 0.2) is 0 Å². The first-order valence-corrected chi connectivity index (χ1v) is 7.95. The van der Waals surface area contributed by atoms with Crippen molar-refractivity contribution < 1.29 is 8.42 Å². The van der Waals surface area contributed by atoms with Gasteiger partial charge in [-0.25, -0.2) is 13.1 Å². The Morgan fingerprint density at radius 2 is 2.06 bits per heavy atom. The molecule has 2 fully saturated rings. The van der Waals surface area contributed by atoms with E-state index in [0.29, 0.717) is 5.92 Å². The van der Waals surface area contributed by atoms with E-state index in [-0.39, 0.29) is 17.8 Å². The van der Waals surface area contributed by atoms with Gasteiger partial charge < -0.3 is 5.32 Å². The number of piperidine rings is 1. The molecule has 2 N–H and O–H groups in total. The lowest BCUT2D eigenvalue weighted by Crippen LogP contribution is -2.45. The summed E-state index contributed by atoms with van der Waals surface area (Å²) in [5.41, 5.74) is 0. The smallest absolute Gasteiger partial charge is 0.213 e. The molecular weight excluding hydrogens is 224 g/mol. The van der Waals surface area contributed by atoms with Gasteiger partial charge in [0.2, 0.25) is 10.0 Å². The zero-order valence-corrected chi connectivity index (χ0v) is 10.7. The summed E-state index contributed by atoms with van der Waals surface area (Å²) in [6.45, 7) is 2.93. The summed E-state index contributed by atoms with van der Waals surface area (Å²) in [4.78, 5) is 0. The van der Waals surface area contributed by atoms with Gasteiger partial charge in [0.25, 0.3) is 0 Å². The van der Waals surface area contributed by atoms with Gasteiger partial charge in [0.15, 0.2) is 0 Å². The summed E-state index contributed by atoms with van der Waals surface area (Å²) in [7, 11) is -3.10. The van der Waals surface area contributed by atoms with Crippen molar-refractivity contribution in [3.8, 4) is 0 Å². The van der Waals surface area contributed by atoms with Crippen LogP contribution in [0.4, 0.5) is 0 Å². The van der Waals surface area contributed by atoms with Crippen molar-refractivity contribution in [3.05, 3.63) is 0 Å². The zero-order chi connectivity index (χ0) is 11.6. The molecule has 0 aromatic rings. The van der Waals surface area contributed by atoms with Crippen LogP contribution in [0.3, 0.4) is 0 Å². The summed E-state index contributed by atoms with van der Waals surface area (Å²) in [5, 5.41) is 3.27. The van der Waals surface area contributed by atoms with E-state index in [1.165, 1.54) is 19.3 Å². The van der Waals surface area contributed by atoms with Crippen molar-refractivity contribution in [2.45, 2.75) is 51.1 Å². The molecule has 0 aromatic carbocycles. The summed E-state index contributed by atoms with van der Waals surface area (Å²) >= 11 is 0. The molecule has 4 nitrogen and oxygen atoms in total. The third kappa shape index (κ3) is 3.71. The van der Waals surface area contributed by atoms with E-state index in [1.54, 1.807) is 0 Å². The SMILES string of the molecule is CC(NS(=O)(=O)CC1CCCCN1)C1CC1. The van der Waals surface area contributed by atoms with E-state index >= 15 is 0 Å². The molecule has 2 atom stereocenters. The maximum atomic E-state index is 11.9. The molecule has 1 saturated heterocycles. The van der Waals surface area contributed by atoms with E-state index in [9.17, 15) is 8.42 Å². The number of rotatable bonds is 5. The lowest BCUT2D eigenvalue weighted by molar-refractivity contribution is 0.420. The van der Waals surface area contributed by atoms with Crippen LogP contribution in [0.2, 0.25) is 0 Å². The monoisotopic (exact) mass is 246 g/mol. The van der Waals surface area contributed by atoms with E-state index in [2.05, 4.69) is 10.0 Å². The highest BCUT2D eigenvalue weighted by atomic mass is 32.2. The first-order chi connectivity index (χ1) is 7.57. The van der Waals surface area contributed by atoms with Crippen molar-refractivity contribution in [2.75, 3.05) is 12.3 Å². The molecule has 2 rings (SSSR count). The molecule has 1 aliphatic carbocycles. The summed E-state index contributed by atoms with van der Waals surface area (Å²) in [5.74, 6) is 0.818. The van der Waals surface area contributed by atoms with Crippen molar-refractivity contribution >= 4 is 10.0 Å². The van der Waals surface area contributed by atoms with Crippen LogP contribution >= 0.6 is 0 Å². The number of sulfonamides is 1. The Morgan fingerprint density at radius 3 is 2.62 bits per heavy atom. The summed E-state index contributed by atoms with van der Waals surface area (Å²) in [6, 6.07) is 0.270. The van der Waals surface area contributed by atoms with Gasteiger partial charge in [0, 0.05) is 12.1 Å². The quantitative estimate of drug-likeness (QED) is 0.756. The normalized spacial score (nSPS) is 28.9. The molecule has 2 aliphatic rings. The van der Waals surface area contributed by atoms with Crippen LogP contribution in [0.1, 0.15) is 39.0 Å². The highest BCUT2D eigenvalue weighted by Crippen LogP contribution is 2.32. The van der Waals surface area contributed by atoms with Crippen molar-refractivity contribution in [2.24, 2.45) is 5.92 Å². The predicted molar refractivity (Wildman–Crippen MR) is 64.8 cm³/mol. The number of nitrogens with one attached hydrogen (secondary N) is 2. The van der Waals surface area contributed by atoms with Crippen LogP contribution in [0.5, 0.6) is 0 Å². The lowest BCUT2D eigenvalue weighted by atomic mass is 10.1. The highest BCUT2D eigenvalue weighted by Gasteiger charge is 2.31. The number of hydrogen-bond acceptors (Lipinski definition) is 3. The maximum absolute atomic E-state index is 11.9. The van der Waals surface area contributed by atoms with E-state index < -0.39 is 10.0 Å². The van der Waals surface area contributed by atoms with Crippen LogP contribution in [-0.4, -0.2) is 32.8 Å². The third-order valence-electron chi connectivity index (χ3n) is 3.53. The minimum absolute atomic E-state index is 0.119. The van der Waals surface area contributed by atoms with Crippen LogP contribution in [-0.2, 0) is 10.0 Å².